The maximum Gasteiger partial charge on any atom is 0.274 e. The monoisotopic (exact) mass is 399 g/mol. The molecule has 4 heterocycles. The normalized spacial score (nSPS) is 17.0. The van der Waals surface area contributed by atoms with Crippen LogP contribution in [0.2, 0.25) is 0 Å². The number of amides is 1. The van der Waals surface area contributed by atoms with Gasteiger partial charge in [-0.3, -0.25) is 19.7 Å². The number of hydrogen-bond donors (Lipinski definition) is 0. The number of nitrogens with zero attached hydrogens (tertiary/aromatic N) is 7. The van der Waals surface area contributed by atoms with Gasteiger partial charge in [-0.05, 0) is 37.1 Å². The summed E-state index contributed by atoms with van der Waals surface area (Å²) >= 11 is 0. The molecule has 1 amide bonds. The molecule has 0 atom stereocenters. The molecule has 8 heteroatoms. The molecular formula is C22H21N7O. The summed E-state index contributed by atoms with van der Waals surface area (Å²) in [5, 5.41) is 4.61. The van der Waals surface area contributed by atoms with Gasteiger partial charge in [0.25, 0.3) is 5.91 Å². The first-order valence-corrected chi connectivity index (χ1v) is 10.1. The van der Waals surface area contributed by atoms with Crippen molar-refractivity contribution in [1.29, 1.82) is 0 Å². The Kier molecular flexibility index (Phi) is 4.73. The highest BCUT2D eigenvalue weighted by Crippen LogP contribution is 2.28. The zero-order chi connectivity index (χ0) is 20.5. The standard InChI is InChI=1S/C22H21N7O/c1-23-16-4-7-19(25-14-16)21-13-20(26-29(21)18-3-2-8-24-15-18)22(30)28-11-9-27(10-12-28)17-5-6-17/h2-4,7-8,13-15,17H,5-6,9-12H2. The van der Waals surface area contributed by atoms with Crippen LogP contribution < -0.4 is 0 Å². The Hall–Kier alpha value is -3.57. The molecule has 2 aliphatic rings. The molecular weight excluding hydrogens is 378 g/mol. The molecule has 0 spiro atoms. The summed E-state index contributed by atoms with van der Waals surface area (Å²) in [4.78, 5) is 29.5. The van der Waals surface area contributed by atoms with E-state index in [2.05, 4.69) is 24.8 Å². The minimum atomic E-state index is -0.0629. The molecule has 5 rings (SSSR count). The van der Waals surface area contributed by atoms with Crippen LogP contribution in [0.4, 0.5) is 5.69 Å². The van der Waals surface area contributed by atoms with Crippen molar-refractivity contribution < 1.29 is 4.79 Å². The lowest BCUT2D eigenvalue weighted by atomic mass is 10.2. The minimum absolute atomic E-state index is 0.0629. The fourth-order valence-electron chi connectivity index (χ4n) is 3.84. The second-order valence-electron chi connectivity index (χ2n) is 7.61. The lowest BCUT2D eigenvalue weighted by Crippen LogP contribution is -2.49. The van der Waals surface area contributed by atoms with Gasteiger partial charge in [0.1, 0.15) is 0 Å². The highest BCUT2D eigenvalue weighted by atomic mass is 16.2. The van der Waals surface area contributed by atoms with Crippen molar-refractivity contribution >= 4 is 11.6 Å². The largest absolute Gasteiger partial charge is 0.335 e. The van der Waals surface area contributed by atoms with Crippen LogP contribution in [-0.4, -0.2) is 67.7 Å². The summed E-state index contributed by atoms with van der Waals surface area (Å²) < 4.78 is 1.69. The molecule has 3 aromatic rings. The van der Waals surface area contributed by atoms with Gasteiger partial charge in [-0.2, -0.15) is 5.10 Å². The molecule has 30 heavy (non-hydrogen) atoms. The molecule has 1 aliphatic heterocycles. The molecule has 8 nitrogen and oxygen atoms in total. The molecule has 3 aromatic heterocycles. The third-order valence-corrected chi connectivity index (χ3v) is 5.62. The van der Waals surface area contributed by atoms with E-state index in [1.807, 2.05) is 17.0 Å². The highest BCUT2D eigenvalue weighted by molar-refractivity contribution is 5.93. The van der Waals surface area contributed by atoms with Crippen molar-refractivity contribution in [3.63, 3.8) is 0 Å². The van der Waals surface area contributed by atoms with Gasteiger partial charge < -0.3 is 4.90 Å². The number of carbonyl (C=O) groups is 1. The van der Waals surface area contributed by atoms with E-state index in [1.165, 1.54) is 19.0 Å². The molecule has 1 saturated heterocycles. The van der Waals surface area contributed by atoms with Gasteiger partial charge in [0.05, 0.1) is 29.8 Å². The first kappa shape index (κ1) is 18.5. The van der Waals surface area contributed by atoms with Gasteiger partial charge >= 0.3 is 0 Å². The van der Waals surface area contributed by atoms with Gasteiger partial charge in [0.15, 0.2) is 5.69 Å². The van der Waals surface area contributed by atoms with Crippen molar-refractivity contribution in [3.05, 3.63) is 66.0 Å². The molecule has 0 bridgehead atoms. The number of aromatic nitrogens is 4. The fourth-order valence-corrected chi connectivity index (χ4v) is 3.84. The number of hydrogen-bond acceptors (Lipinski definition) is 5. The van der Waals surface area contributed by atoms with Gasteiger partial charge in [-0.25, -0.2) is 9.53 Å². The van der Waals surface area contributed by atoms with Crippen LogP contribution in [0, 0.1) is 6.57 Å². The number of carbonyl (C=O) groups excluding carboxylic acids is 1. The Labute approximate surface area is 174 Å². The average molecular weight is 399 g/mol. The minimum Gasteiger partial charge on any atom is -0.335 e. The Morgan fingerprint density at radius 1 is 1.10 bits per heavy atom. The second-order valence-corrected chi connectivity index (χ2v) is 7.61. The third kappa shape index (κ3) is 3.55. The first-order valence-electron chi connectivity index (χ1n) is 10.1. The summed E-state index contributed by atoms with van der Waals surface area (Å²) in [6.45, 7) is 10.4. The van der Waals surface area contributed by atoms with E-state index in [0.717, 1.165) is 37.9 Å². The Morgan fingerprint density at radius 3 is 2.57 bits per heavy atom. The van der Waals surface area contributed by atoms with Crippen LogP contribution in [0.15, 0.2) is 48.9 Å². The fraction of sp³-hybridized carbons (Fsp3) is 0.318. The number of pyridine rings is 2. The molecule has 1 aliphatic carbocycles. The molecule has 0 aromatic carbocycles. The molecule has 0 radical (unpaired) electrons. The Balaban J connectivity index is 1.46. The van der Waals surface area contributed by atoms with Gasteiger partial charge in [-0.1, -0.05) is 6.07 Å². The van der Waals surface area contributed by atoms with Crippen molar-refractivity contribution in [2.45, 2.75) is 18.9 Å². The zero-order valence-electron chi connectivity index (χ0n) is 16.5. The van der Waals surface area contributed by atoms with E-state index in [-0.39, 0.29) is 5.91 Å². The smallest absolute Gasteiger partial charge is 0.274 e. The van der Waals surface area contributed by atoms with Crippen LogP contribution >= 0.6 is 0 Å². The number of piperazine rings is 1. The maximum atomic E-state index is 13.2. The van der Waals surface area contributed by atoms with Crippen LogP contribution in [0.1, 0.15) is 23.3 Å². The zero-order valence-corrected chi connectivity index (χ0v) is 16.5. The Morgan fingerprint density at radius 2 is 1.93 bits per heavy atom. The summed E-state index contributed by atoms with van der Waals surface area (Å²) in [5.41, 5.74) is 2.96. The van der Waals surface area contributed by atoms with Crippen molar-refractivity contribution in [2.75, 3.05) is 26.2 Å². The van der Waals surface area contributed by atoms with E-state index >= 15 is 0 Å². The maximum absolute atomic E-state index is 13.2. The van der Waals surface area contributed by atoms with Crippen LogP contribution in [0.25, 0.3) is 21.9 Å². The first-order chi connectivity index (χ1) is 14.7. The predicted molar refractivity (Wildman–Crippen MR) is 111 cm³/mol. The second kappa shape index (κ2) is 7.69. The van der Waals surface area contributed by atoms with Crippen molar-refractivity contribution in [1.82, 2.24) is 29.5 Å². The molecule has 1 saturated carbocycles. The molecule has 0 unspecified atom stereocenters. The van der Waals surface area contributed by atoms with Crippen LogP contribution in [0.3, 0.4) is 0 Å². The molecule has 0 N–H and O–H groups in total. The molecule has 150 valence electrons. The van der Waals surface area contributed by atoms with Crippen molar-refractivity contribution in [2.24, 2.45) is 0 Å². The highest BCUT2D eigenvalue weighted by Gasteiger charge is 2.33. The van der Waals surface area contributed by atoms with Crippen LogP contribution in [-0.2, 0) is 0 Å². The van der Waals surface area contributed by atoms with E-state index in [4.69, 9.17) is 6.57 Å². The summed E-state index contributed by atoms with van der Waals surface area (Å²) in [6, 6.07) is 9.72. The van der Waals surface area contributed by atoms with Crippen LogP contribution in [0.5, 0.6) is 0 Å². The Bertz CT molecular complexity index is 1090. The quantitative estimate of drug-likeness (QED) is 0.631. The van der Waals surface area contributed by atoms with E-state index in [9.17, 15) is 4.79 Å². The lowest BCUT2D eigenvalue weighted by molar-refractivity contribution is 0.0621. The van der Waals surface area contributed by atoms with Gasteiger partial charge in [0, 0.05) is 44.6 Å². The summed E-state index contributed by atoms with van der Waals surface area (Å²) in [6.07, 6.45) is 7.49. The van der Waals surface area contributed by atoms with Crippen molar-refractivity contribution in [3.8, 4) is 17.1 Å². The summed E-state index contributed by atoms with van der Waals surface area (Å²) in [7, 11) is 0. The third-order valence-electron chi connectivity index (χ3n) is 5.62. The molecule has 2 fully saturated rings. The van der Waals surface area contributed by atoms with E-state index in [0.29, 0.717) is 22.8 Å². The van der Waals surface area contributed by atoms with Gasteiger partial charge in [-0.15, -0.1) is 0 Å². The SMILES string of the molecule is [C-]#[N+]c1ccc(-c2cc(C(=O)N3CCN(C4CC4)CC3)nn2-c2cccnc2)nc1. The predicted octanol–water partition coefficient (Wildman–Crippen LogP) is 2.80. The topological polar surface area (TPSA) is 71.5 Å². The van der Waals surface area contributed by atoms with E-state index < -0.39 is 0 Å². The van der Waals surface area contributed by atoms with Gasteiger partial charge in [0.2, 0.25) is 5.69 Å². The number of rotatable bonds is 4. The summed E-state index contributed by atoms with van der Waals surface area (Å²) in [5.74, 6) is -0.0629. The van der Waals surface area contributed by atoms with E-state index in [1.54, 1.807) is 35.3 Å². The average Bonchev–Trinajstić information content (AvgIpc) is 3.57. The lowest BCUT2D eigenvalue weighted by Gasteiger charge is -2.34.